The maximum absolute atomic E-state index is 7.01. The average molecular weight is 837 g/mol. The molecule has 0 aliphatic heterocycles. The van der Waals surface area contributed by atoms with E-state index in [4.69, 9.17) is 19.4 Å². The van der Waals surface area contributed by atoms with E-state index in [2.05, 4.69) is 193 Å². The molecule has 1 aliphatic carbocycles. The first-order valence-corrected chi connectivity index (χ1v) is 22.8. The minimum absolute atomic E-state index is 0.124. The number of thiophene rings is 1. The van der Waals surface area contributed by atoms with Crippen LogP contribution in [0.3, 0.4) is 0 Å². The zero-order chi connectivity index (χ0) is 41.9. The van der Waals surface area contributed by atoms with Gasteiger partial charge in [-0.05, 0) is 106 Å². The van der Waals surface area contributed by atoms with Gasteiger partial charge in [-0.2, -0.15) is 9.97 Å². The van der Waals surface area contributed by atoms with Crippen molar-refractivity contribution in [2.75, 3.05) is 0 Å². The SMILES string of the molecule is c1ccc2c(c1)-c1cc3ccccc3cc1CCC2c1ccc(-c2nc(-c3ccc4sc5ccccc5c4c3)nc(-n3c4ccccc4c4ccccc43)n2)c2oc3ccccc3c12. The van der Waals surface area contributed by atoms with Crippen molar-refractivity contribution in [3.05, 3.63) is 205 Å². The Morgan fingerprint density at radius 1 is 0.484 bits per heavy atom. The van der Waals surface area contributed by atoms with Gasteiger partial charge in [0, 0.05) is 53.2 Å². The second-order valence-electron chi connectivity index (χ2n) is 17.0. The summed E-state index contributed by atoms with van der Waals surface area (Å²) in [5, 5.41) is 9.47. The Bertz CT molecular complexity index is 4010. The molecule has 0 radical (unpaired) electrons. The van der Waals surface area contributed by atoms with Crippen LogP contribution in [0.4, 0.5) is 0 Å². The smallest absolute Gasteiger partial charge is 0.238 e. The summed E-state index contributed by atoms with van der Waals surface area (Å²) in [6, 6.07) is 67.7. The largest absolute Gasteiger partial charge is 0.455 e. The van der Waals surface area contributed by atoms with E-state index in [1.165, 1.54) is 58.8 Å². The summed E-state index contributed by atoms with van der Waals surface area (Å²) in [5.74, 6) is 1.85. The number of hydrogen-bond donors (Lipinski definition) is 0. The third kappa shape index (κ3) is 5.33. The Labute approximate surface area is 371 Å². The monoisotopic (exact) mass is 836 g/mol. The van der Waals surface area contributed by atoms with Crippen LogP contribution >= 0.6 is 11.3 Å². The number of benzene rings is 9. The predicted octanol–water partition coefficient (Wildman–Crippen LogP) is 15.5. The van der Waals surface area contributed by atoms with E-state index in [1.807, 2.05) is 11.3 Å². The van der Waals surface area contributed by atoms with Crippen LogP contribution in [0, 0.1) is 0 Å². The zero-order valence-electron chi connectivity index (χ0n) is 34.5. The van der Waals surface area contributed by atoms with E-state index in [0.717, 1.165) is 67.7 Å². The molecule has 1 atom stereocenters. The molecule has 6 heteroatoms. The van der Waals surface area contributed by atoms with E-state index >= 15 is 0 Å². The van der Waals surface area contributed by atoms with Gasteiger partial charge in [0.1, 0.15) is 11.2 Å². The first-order chi connectivity index (χ1) is 31.7. The van der Waals surface area contributed by atoms with Crippen LogP contribution in [0.5, 0.6) is 0 Å². The first-order valence-electron chi connectivity index (χ1n) is 21.9. The number of fused-ring (bicyclic) bond motifs is 13. The molecule has 0 saturated carbocycles. The lowest BCUT2D eigenvalue weighted by Crippen LogP contribution is -2.07. The van der Waals surface area contributed by atoms with Crippen LogP contribution in [-0.2, 0) is 6.42 Å². The lowest BCUT2D eigenvalue weighted by Gasteiger charge is -2.20. The molecule has 300 valence electrons. The normalized spacial score (nSPS) is 14.0. The summed E-state index contributed by atoms with van der Waals surface area (Å²) in [4.78, 5) is 16.2. The quantitative estimate of drug-likeness (QED) is 0.177. The molecule has 5 nitrogen and oxygen atoms in total. The van der Waals surface area contributed by atoms with Crippen LogP contribution in [0.25, 0.3) is 115 Å². The highest BCUT2D eigenvalue weighted by Crippen LogP contribution is 2.48. The molecule has 0 spiro atoms. The van der Waals surface area contributed by atoms with Crippen LogP contribution < -0.4 is 0 Å². The standard InChI is InChI=1S/C58H36N4OS/c1-2-14-35-32-47-36(31-34(35)13-1)25-27-40(38-15-3-4-16-39(38)47)44-28-29-46(55-54(44)45-20-7-11-23-51(45)63-55)57-59-56(37-26-30-53-48(33-37)43-19-8-12-24-52(43)64-53)60-58(61-57)62-49-21-9-5-17-41(49)42-18-6-10-22-50(42)62/h1-24,26,28-33,40H,25,27H2. The van der Waals surface area contributed by atoms with E-state index in [-0.39, 0.29) is 5.92 Å². The molecule has 0 N–H and O–H groups in total. The number of nitrogens with zero attached hydrogens (tertiary/aromatic N) is 4. The third-order valence-corrected chi connectivity index (χ3v) is 14.7. The fraction of sp³-hybridized carbons (Fsp3) is 0.0517. The molecular formula is C58H36N4OS. The molecule has 13 aromatic rings. The van der Waals surface area contributed by atoms with Gasteiger partial charge in [-0.15, -0.1) is 11.3 Å². The molecule has 0 bridgehead atoms. The van der Waals surface area contributed by atoms with Gasteiger partial charge < -0.3 is 4.42 Å². The Hall–Kier alpha value is -7.93. The minimum atomic E-state index is 0.124. The summed E-state index contributed by atoms with van der Waals surface area (Å²) in [7, 11) is 0. The number of rotatable bonds is 4. The third-order valence-electron chi connectivity index (χ3n) is 13.5. The van der Waals surface area contributed by atoms with Gasteiger partial charge in [0.05, 0.1) is 16.6 Å². The highest BCUT2D eigenvalue weighted by atomic mass is 32.1. The van der Waals surface area contributed by atoms with Gasteiger partial charge in [0.2, 0.25) is 5.95 Å². The summed E-state index contributed by atoms with van der Waals surface area (Å²) in [6.07, 6.45) is 1.92. The molecule has 1 unspecified atom stereocenters. The second-order valence-corrected chi connectivity index (χ2v) is 18.1. The topological polar surface area (TPSA) is 56.7 Å². The summed E-state index contributed by atoms with van der Waals surface area (Å²) < 4.78 is 11.7. The fourth-order valence-corrected chi connectivity index (χ4v) is 11.7. The van der Waals surface area contributed by atoms with E-state index in [1.54, 1.807) is 0 Å². The number of hydrogen-bond acceptors (Lipinski definition) is 5. The van der Waals surface area contributed by atoms with Crippen molar-refractivity contribution in [1.82, 2.24) is 19.5 Å². The highest BCUT2D eigenvalue weighted by Gasteiger charge is 2.29. The summed E-state index contributed by atoms with van der Waals surface area (Å²) in [5.41, 5.74) is 12.1. The molecule has 9 aromatic carbocycles. The molecule has 0 amide bonds. The Kier molecular flexibility index (Phi) is 7.68. The van der Waals surface area contributed by atoms with Crippen molar-refractivity contribution < 1.29 is 4.42 Å². The molecule has 1 aliphatic rings. The van der Waals surface area contributed by atoms with Gasteiger partial charge in [0.15, 0.2) is 11.6 Å². The van der Waals surface area contributed by atoms with Crippen LogP contribution in [0.2, 0.25) is 0 Å². The Morgan fingerprint density at radius 3 is 2.00 bits per heavy atom. The van der Waals surface area contributed by atoms with Crippen molar-refractivity contribution in [1.29, 1.82) is 0 Å². The highest BCUT2D eigenvalue weighted by molar-refractivity contribution is 7.25. The zero-order valence-corrected chi connectivity index (χ0v) is 35.3. The maximum atomic E-state index is 7.01. The van der Waals surface area contributed by atoms with Crippen LogP contribution in [0.1, 0.15) is 29.0 Å². The lowest BCUT2D eigenvalue weighted by molar-refractivity contribution is 0.668. The van der Waals surface area contributed by atoms with Crippen LogP contribution in [0.15, 0.2) is 192 Å². The van der Waals surface area contributed by atoms with Crippen molar-refractivity contribution in [3.63, 3.8) is 0 Å². The molecule has 0 fully saturated rings. The number of para-hydroxylation sites is 3. The van der Waals surface area contributed by atoms with Crippen molar-refractivity contribution >= 4 is 86.0 Å². The molecular weight excluding hydrogens is 801 g/mol. The van der Waals surface area contributed by atoms with Crippen molar-refractivity contribution in [2.45, 2.75) is 18.8 Å². The Morgan fingerprint density at radius 2 is 1.16 bits per heavy atom. The Balaban J connectivity index is 1.01. The van der Waals surface area contributed by atoms with E-state index in [9.17, 15) is 0 Å². The fourth-order valence-electron chi connectivity index (χ4n) is 10.6. The summed E-state index contributed by atoms with van der Waals surface area (Å²) >= 11 is 1.81. The molecule has 4 heterocycles. The van der Waals surface area contributed by atoms with Crippen molar-refractivity contribution in [3.8, 4) is 39.9 Å². The molecule has 14 rings (SSSR count). The van der Waals surface area contributed by atoms with Gasteiger partial charge >= 0.3 is 0 Å². The number of aryl methyl sites for hydroxylation is 1. The minimum Gasteiger partial charge on any atom is -0.455 e. The average Bonchev–Trinajstić information content (AvgIpc) is 4.00. The predicted molar refractivity (Wildman–Crippen MR) is 265 cm³/mol. The number of aromatic nitrogens is 4. The van der Waals surface area contributed by atoms with Gasteiger partial charge in [-0.3, -0.25) is 4.57 Å². The van der Waals surface area contributed by atoms with Crippen molar-refractivity contribution in [2.24, 2.45) is 0 Å². The maximum Gasteiger partial charge on any atom is 0.238 e. The first kappa shape index (κ1) is 35.6. The van der Waals surface area contributed by atoms with E-state index < -0.39 is 0 Å². The second kappa shape index (κ2) is 13.8. The van der Waals surface area contributed by atoms with Gasteiger partial charge in [-0.1, -0.05) is 133 Å². The number of furan rings is 1. The molecule has 64 heavy (non-hydrogen) atoms. The summed E-state index contributed by atoms with van der Waals surface area (Å²) in [6.45, 7) is 0. The van der Waals surface area contributed by atoms with Gasteiger partial charge in [0.25, 0.3) is 0 Å². The lowest BCUT2D eigenvalue weighted by atomic mass is 9.83. The van der Waals surface area contributed by atoms with E-state index in [0.29, 0.717) is 17.6 Å². The molecule has 0 saturated heterocycles. The molecule has 4 aromatic heterocycles. The van der Waals surface area contributed by atoms with Gasteiger partial charge in [-0.25, -0.2) is 4.98 Å². The van der Waals surface area contributed by atoms with Crippen LogP contribution in [-0.4, -0.2) is 19.5 Å².